The summed E-state index contributed by atoms with van der Waals surface area (Å²) in [6.07, 6.45) is 2.53. The van der Waals surface area contributed by atoms with Gasteiger partial charge >= 0.3 is 0 Å². The molecule has 1 aliphatic heterocycles. The molecule has 0 bridgehead atoms. The van der Waals surface area contributed by atoms with E-state index in [-0.39, 0.29) is 0 Å². The Labute approximate surface area is 132 Å². The number of benzene rings is 1. The van der Waals surface area contributed by atoms with Gasteiger partial charge in [0.15, 0.2) is 0 Å². The molecule has 4 nitrogen and oxygen atoms in total. The van der Waals surface area contributed by atoms with Crippen LogP contribution in [0.3, 0.4) is 0 Å². The first-order valence-electron chi connectivity index (χ1n) is 7.51. The predicted octanol–water partition coefficient (Wildman–Crippen LogP) is 2.69. The van der Waals surface area contributed by atoms with Crippen LogP contribution in [-0.4, -0.2) is 46.6 Å². The summed E-state index contributed by atoms with van der Waals surface area (Å²) in [6.45, 7) is 4.34. The van der Waals surface area contributed by atoms with Gasteiger partial charge in [-0.3, -0.25) is 0 Å². The third-order valence-electron chi connectivity index (χ3n) is 3.99. The van der Waals surface area contributed by atoms with Crippen molar-refractivity contribution in [1.82, 2.24) is 5.32 Å². The second-order valence-electron chi connectivity index (χ2n) is 5.33. The van der Waals surface area contributed by atoms with Crippen molar-refractivity contribution in [3.8, 4) is 0 Å². The number of hydrogen-bond acceptors (Lipinski definition) is 4. The lowest BCUT2D eigenvalue weighted by molar-refractivity contribution is 0.0819. The lowest BCUT2D eigenvalue weighted by Gasteiger charge is -2.34. The number of anilines is 1. The molecule has 1 N–H and O–H groups in total. The van der Waals surface area contributed by atoms with Crippen molar-refractivity contribution in [2.24, 2.45) is 0 Å². The van der Waals surface area contributed by atoms with Gasteiger partial charge in [0.05, 0.1) is 12.7 Å². The van der Waals surface area contributed by atoms with Crippen molar-refractivity contribution in [3.05, 3.63) is 28.8 Å². The number of piperidine rings is 1. The molecule has 1 aliphatic rings. The van der Waals surface area contributed by atoms with Crippen molar-refractivity contribution >= 4 is 17.3 Å². The van der Waals surface area contributed by atoms with Gasteiger partial charge < -0.3 is 19.7 Å². The van der Waals surface area contributed by atoms with Gasteiger partial charge in [0.2, 0.25) is 0 Å². The van der Waals surface area contributed by atoms with Crippen LogP contribution in [0.5, 0.6) is 0 Å². The Bertz CT molecular complexity index is 434. The molecular weight excluding hydrogens is 288 g/mol. The molecular formula is C16H25ClN2O2. The normalized spacial score (nSPS) is 16.4. The summed E-state index contributed by atoms with van der Waals surface area (Å²) in [5.41, 5.74) is 2.41. The number of halogens is 1. The average molecular weight is 313 g/mol. The predicted molar refractivity (Wildman–Crippen MR) is 87.3 cm³/mol. The van der Waals surface area contributed by atoms with Crippen molar-refractivity contribution in [2.45, 2.75) is 25.5 Å². The van der Waals surface area contributed by atoms with E-state index in [2.05, 4.69) is 16.3 Å². The van der Waals surface area contributed by atoms with Crippen LogP contribution in [-0.2, 0) is 16.0 Å². The second-order valence-corrected chi connectivity index (χ2v) is 5.74. The van der Waals surface area contributed by atoms with Gasteiger partial charge in [0.1, 0.15) is 0 Å². The van der Waals surface area contributed by atoms with E-state index in [9.17, 15) is 0 Å². The number of methoxy groups -OCH3 is 2. The molecule has 21 heavy (non-hydrogen) atoms. The smallest absolute Gasteiger partial charge is 0.0605 e. The highest BCUT2D eigenvalue weighted by Gasteiger charge is 2.21. The largest absolute Gasteiger partial charge is 0.383 e. The van der Waals surface area contributed by atoms with Gasteiger partial charge in [-0.1, -0.05) is 17.7 Å². The molecule has 0 spiro atoms. The standard InChI is InChI=1S/C16H25ClN2O2/c1-20-11-8-18-12-14-15(17)4-3-5-16(14)19-9-6-13(21-2)7-10-19/h3-5,13,18H,6-12H2,1-2H3. The van der Waals surface area contributed by atoms with Gasteiger partial charge in [-0.2, -0.15) is 0 Å². The summed E-state index contributed by atoms with van der Waals surface area (Å²) < 4.78 is 10.5. The van der Waals surface area contributed by atoms with Crippen molar-refractivity contribution < 1.29 is 9.47 Å². The molecule has 0 atom stereocenters. The molecule has 1 aromatic rings. The highest BCUT2D eigenvalue weighted by molar-refractivity contribution is 6.31. The molecule has 0 aliphatic carbocycles. The van der Waals surface area contributed by atoms with Crippen molar-refractivity contribution in [2.75, 3.05) is 45.4 Å². The molecule has 1 fully saturated rings. The molecule has 1 aromatic carbocycles. The molecule has 1 heterocycles. The SMILES string of the molecule is COCCNCc1c(Cl)cccc1N1CCC(OC)CC1. The van der Waals surface area contributed by atoms with Gasteiger partial charge in [-0.25, -0.2) is 0 Å². The topological polar surface area (TPSA) is 33.7 Å². The third kappa shape index (κ3) is 4.58. The zero-order chi connectivity index (χ0) is 15.1. The summed E-state index contributed by atoms with van der Waals surface area (Å²) in [5.74, 6) is 0. The first kappa shape index (κ1) is 16.6. The van der Waals surface area contributed by atoms with E-state index in [1.807, 2.05) is 12.1 Å². The lowest BCUT2D eigenvalue weighted by atomic mass is 10.0. The molecule has 0 unspecified atom stereocenters. The molecule has 0 saturated carbocycles. The average Bonchev–Trinajstić information content (AvgIpc) is 2.53. The zero-order valence-corrected chi connectivity index (χ0v) is 13.7. The van der Waals surface area contributed by atoms with Crippen LogP contribution in [0.1, 0.15) is 18.4 Å². The van der Waals surface area contributed by atoms with Gasteiger partial charge in [-0.05, 0) is 25.0 Å². The minimum Gasteiger partial charge on any atom is -0.383 e. The van der Waals surface area contributed by atoms with Crippen LogP contribution in [0.4, 0.5) is 5.69 Å². The van der Waals surface area contributed by atoms with Crippen LogP contribution >= 0.6 is 11.6 Å². The Balaban J connectivity index is 2.03. The Morgan fingerprint density at radius 3 is 2.71 bits per heavy atom. The maximum Gasteiger partial charge on any atom is 0.0605 e. The molecule has 0 radical (unpaired) electrons. The van der Waals surface area contributed by atoms with E-state index in [0.29, 0.717) is 12.7 Å². The van der Waals surface area contributed by atoms with Crippen LogP contribution < -0.4 is 10.2 Å². The van der Waals surface area contributed by atoms with E-state index >= 15 is 0 Å². The molecule has 118 valence electrons. The summed E-state index contributed by atoms with van der Waals surface area (Å²) in [4.78, 5) is 2.41. The molecule has 1 saturated heterocycles. The van der Waals surface area contributed by atoms with Gasteiger partial charge in [0, 0.05) is 56.7 Å². The Hall–Kier alpha value is -0.810. The van der Waals surface area contributed by atoms with Crippen molar-refractivity contribution in [3.63, 3.8) is 0 Å². The first-order valence-corrected chi connectivity index (χ1v) is 7.89. The number of nitrogens with zero attached hydrogens (tertiary/aromatic N) is 1. The number of nitrogens with one attached hydrogen (secondary N) is 1. The molecule has 5 heteroatoms. The van der Waals surface area contributed by atoms with E-state index in [1.54, 1.807) is 14.2 Å². The van der Waals surface area contributed by atoms with Crippen LogP contribution in [0, 0.1) is 0 Å². The van der Waals surface area contributed by atoms with E-state index in [1.165, 1.54) is 11.3 Å². The Morgan fingerprint density at radius 2 is 2.05 bits per heavy atom. The fourth-order valence-electron chi connectivity index (χ4n) is 2.74. The zero-order valence-electron chi connectivity index (χ0n) is 12.9. The molecule has 2 rings (SSSR count). The highest BCUT2D eigenvalue weighted by atomic mass is 35.5. The minimum absolute atomic E-state index is 0.392. The van der Waals surface area contributed by atoms with Gasteiger partial charge in [-0.15, -0.1) is 0 Å². The summed E-state index contributed by atoms with van der Waals surface area (Å²) in [7, 11) is 3.51. The van der Waals surface area contributed by atoms with E-state index < -0.39 is 0 Å². The maximum atomic E-state index is 6.39. The quantitative estimate of drug-likeness (QED) is 0.785. The molecule has 0 amide bonds. The van der Waals surface area contributed by atoms with Crippen LogP contribution in [0.15, 0.2) is 18.2 Å². The second kappa shape index (κ2) is 8.59. The first-order chi connectivity index (χ1) is 10.3. The summed E-state index contributed by atoms with van der Waals surface area (Å²) in [6, 6.07) is 6.14. The summed E-state index contributed by atoms with van der Waals surface area (Å²) in [5, 5.41) is 4.21. The molecule has 0 aromatic heterocycles. The number of hydrogen-bond donors (Lipinski definition) is 1. The number of ether oxygens (including phenoxy) is 2. The Morgan fingerprint density at radius 1 is 1.29 bits per heavy atom. The number of rotatable bonds is 7. The monoisotopic (exact) mass is 312 g/mol. The maximum absolute atomic E-state index is 6.39. The van der Waals surface area contributed by atoms with Crippen molar-refractivity contribution in [1.29, 1.82) is 0 Å². The van der Waals surface area contributed by atoms with Gasteiger partial charge in [0.25, 0.3) is 0 Å². The fraction of sp³-hybridized carbons (Fsp3) is 0.625. The highest BCUT2D eigenvalue weighted by Crippen LogP contribution is 2.30. The third-order valence-corrected chi connectivity index (χ3v) is 4.35. The fourth-order valence-corrected chi connectivity index (χ4v) is 2.97. The van der Waals surface area contributed by atoms with E-state index in [0.717, 1.165) is 44.0 Å². The van der Waals surface area contributed by atoms with Crippen LogP contribution in [0.25, 0.3) is 0 Å². The summed E-state index contributed by atoms with van der Waals surface area (Å²) >= 11 is 6.39. The van der Waals surface area contributed by atoms with Crippen LogP contribution in [0.2, 0.25) is 5.02 Å². The minimum atomic E-state index is 0.392. The Kier molecular flexibility index (Phi) is 6.77. The lowest BCUT2D eigenvalue weighted by Crippen LogP contribution is -2.37. The van der Waals surface area contributed by atoms with E-state index in [4.69, 9.17) is 21.1 Å².